The molecule has 3 aromatic rings. The Hall–Kier alpha value is -3.55. The van der Waals surface area contributed by atoms with E-state index in [-0.39, 0.29) is 11.6 Å². The second-order valence-corrected chi connectivity index (χ2v) is 8.59. The van der Waals surface area contributed by atoms with Crippen molar-refractivity contribution in [2.45, 2.75) is 39.0 Å². The van der Waals surface area contributed by atoms with Gasteiger partial charge in [0.2, 0.25) is 0 Å². The first kappa shape index (κ1) is 21.3. The molecule has 170 valence electrons. The number of halogens is 2. The summed E-state index contributed by atoms with van der Waals surface area (Å²) < 4.78 is 28.8. The maximum absolute atomic E-state index is 13.8. The smallest absolute Gasteiger partial charge is 0.276 e. The summed E-state index contributed by atoms with van der Waals surface area (Å²) in [6.07, 6.45) is 4.17. The SMILES string of the molecule is Cc1cccc(NC(=O)c2nn(-c3ccc(F)c(F)c3)c3c2CCC3)c1C(=O)N1CCCC1. The summed E-state index contributed by atoms with van der Waals surface area (Å²) >= 11 is 0. The molecule has 0 atom stereocenters. The number of nitrogens with one attached hydrogen (secondary N) is 1. The molecule has 0 unspecified atom stereocenters. The quantitative estimate of drug-likeness (QED) is 0.639. The summed E-state index contributed by atoms with van der Waals surface area (Å²) in [5.41, 5.74) is 3.97. The lowest BCUT2D eigenvalue weighted by molar-refractivity contribution is 0.0793. The van der Waals surface area contributed by atoms with Crippen molar-refractivity contribution in [1.29, 1.82) is 0 Å². The molecule has 8 heteroatoms. The van der Waals surface area contributed by atoms with Crippen molar-refractivity contribution in [2.75, 3.05) is 18.4 Å². The topological polar surface area (TPSA) is 67.2 Å². The Kier molecular flexibility index (Phi) is 5.44. The molecule has 0 bridgehead atoms. The van der Waals surface area contributed by atoms with Gasteiger partial charge in [-0.2, -0.15) is 5.10 Å². The molecule has 1 aromatic heterocycles. The maximum atomic E-state index is 13.8. The van der Waals surface area contributed by atoms with E-state index in [0.717, 1.165) is 48.2 Å². The molecule has 5 rings (SSSR count). The van der Waals surface area contributed by atoms with E-state index < -0.39 is 17.5 Å². The summed E-state index contributed by atoms with van der Waals surface area (Å²) in [6.45, 7) is 3.29. The van der Waals surface area contributed by atoms with Crippen molar-refractivity contribution in [3.63, 3.8) is 0 Å². The predicted octanol–water partition coefficient (Wildman–Crippen LogP) is 4.44. The number of fused-ring (bicyclic) bond motifs is 1. The molecule has 2 heterocycles. The van der Waals surface area contributed by atoms with E-state index >= 15 is 0 Å². The lowest BCUT2D eigenvalue weighted by atomic mass is 10.0. The van der Waals surface area contributed by atoms with Crippen LogP contribution in [0.5, 0.6) is 0 Å². The Balaban J connectivity index is 1.49. The number of anilines is 1. The van der Waals surface area contributed by atoms with Crippen molar-refractivity contribution in [2.24, 2.45) is 0 Å². The number of benzene rings is 2. The van der Waals surface area contributed by atoms with Gasteiger partial charge in [0.1, 0.15) is 0 Å². The second kappa shape index (κ2) is 8.42. The number of hydrogen-bond acceptors (Lipinski definition) is 3. The first-order valence-electron chi connectivity index (χ1n) is 11.2. The van der Waals surface area contributed by atoms with Gasteiger partial charge in [-0.1, -0.05) is 12.1 Å². The lowest BCUT2D eigenvalue weighted by Gasteiger charge is -2.19. The van der Waals surface area contributed by atoms with Gasteiger partial charge in [-0.05, 0) is 62.8 Å². The van der Waals surface area contributed by atoms with E-state index in [1.54, 1.807) is 12.1 Å². The zero-order valence-electron chi connectivity index (χ0n) is 18.3. The fourth-order valence-electron chi connectivity index (χ4n) is 4.77. The average molecular weight is 450 g/mol. The van der Waals surface area contributed by atoms with E-state index in [1.165, 1.54) is 10.7 Å². The molecule has 2 aliphatic rings. The van der Waals surface area contributed by atoms with Crippen LogP contribution in [0.3, 0.4) is 0 Å². The first-order chi connectivity index (χ1) is 15.9. The van der Waals surface area contributed by atoms with Crippen LogP contribution in [0, 0.1) is 18.6 Å². The molecule has 0 spiro atoms. The molecule has 1 aliphatic carbocycles. The van der Waals surface area contributed by atoms with Crippen LogP contribution in [0.2, 0.25) is 0 Å². The number of aromatic nitrogens is 2. The van der Waals surface area contributed by atoms with Gasteiger partial charge in [-0.3, -0.25) is 9.59 Å². The van der Waals surface area contributed by atoms with Crippen LogP contribution >= 0.6 is 0 Å². The Morgan fingerprint density at radius 3 is 2.55 bits per heavy atom. The van der Waals surface area contributed by atoms with Crippen LogP contribution in [0.25, 0.3) is 5.69 Å². The largest absolute Gasteiger partial charge is 0.339 e. The molecule has 2 amide bonds. The first-order valence-corrected chi connectivity index (χ1v) is 11.2. The number of rotatable bonds is 4. The van der Waals surface area contributed by atoms with Crippen LogP contribution < -0.4 is 5.32 Å². The highest BCUT2D eigenvalue weighted by Crippen LogP contribution is 2.30. The van der Waals surface area contributed by atoms with Gasteiger partial charge < -0.3 is 10.2 Å². The van der Waals surface area contributed by atoms with Crippen molar-refractivity contribution in [3.8, 4) is 5.69 Å². The average Bonchev–Trinajstić information content (AvgIpc) is 3.54. The molecule has 6 nitrogen and oxygen atoms in total. The third-order valence-electron chi connectivity index (χ3n) is 6.42. The van der Waals surface area contributed by atoms with E-state index in [1.807, 2.05) is 17.9 Å². The van der Waals surface area contributed by atoms with Gasteiger partial charge in [0.25, 0.3) is 11.8 Å². The summed E-state index contributed by atoms with van der Waals surface area (Å²) in [7, 11) is 0. The molecule has 1 aliphatic heterocycles. The zero-order valence-corrected chi connectivity index (χ0v) is 18.3. The summed E-state index contributed by atoms with van der Waals surface area (Å²) in [5.74, 6) is -2.41. The molecule has 1 N–H and O–H groups in total. The minimum Gasteiger partial charge on any atom is -0.339 e. The van der Waals surface area contributed by atoms with Crippen LogP contribution in [0.1, 0.15) is 56.9 Å². The third kappa shape index (κ3) is 3.79. The van der Waals surface area contributed by atoms with Crippen molar-refractivity contribution >= 4 is 17.5 Å². The predicted molar refractivity (Wildman–Crippen MR) is 120 cm³/mol. The minimum atomic E-state index is -0.967. The Morgan fingerprint density at radius 1 is 1.00 bits per heavy atom. The standard InChI is InChI=1S/C25H24F2N4O2/c1-15-6-4-8-20(22(15)25(33)30-12-2-3-13-30)28-24(32)23-17-7-5-9-21(17)31(29-23)16-10-11-18(26)19(27)14-16/h4,6,8,10-11,14H,2-3,5,7,9,12-13H2,1H3,(H,28,32). The molecule has 33 heavy (non-hydrogen) atoms. The fraction of sp³-hybridized carbons (Fsp3) is 0.320. The highest BCUT2D eigenvalue weighted by Gasteiger charge is 2.29. The lowest BCUT2D eigenvalue weighted by Crippen LogP contribution is -2.29. The van der Waals surface area contributed by atoms with Gasteiger partial charge in [0.05, 0.1) is 16.9 Å². The molecule has 1 fully saturated rings. The molecule has 0 radical (unpaired) electrons. The molecule has 2 aromatic carbocycles. The van der Waals surface area contributed by atoms with Crippen LogP contribution in [0.4, 0.5) is 14.5 Å². The summed E-state index contributed by atoms with van der Waals surface area (Å²) in [5, 5.41) is 7.35. The van der Waals surface area contributed by atoms with Gasteiger partial charge >= 0.3 is 0 Å². The van der Waals surface area contributed by atoms with Crippen molar-refractivity contribution < 1.29 is 18.4 Å². The maximum Gasteiger partial charge on any atom is 0.276 e. The Bertz CT molecular complexity index is 1260. The van der Waals surface area contributed by atoms with E-state index in [9.17, 15) is 18.4 Å². The van der Waals surface area contributed by atoms with Crippen LogP contribution in [-0.4, -0.2) is 39.6 Å². The normalized spacial score (nSPS) is 15.1. The molecular weight excluding hydrogens is 426 g/mol. The van der Waals surface area contributed by atoms with E-state index in [2.05, 4.69) is 10.4 Å². The van der Waals surface area contributed by atoms with E-state index in [4.69, 9.17) is 0 Å². The molecule has 1 saturated heterocycles. The zero-order chi connectivity index (χ0) is 23.1. The number of likely N-dealkylation sites (tertiary alicyclic amines) is 1. The Labute approximate surface area is 190 Å². The van der Waals surface area contributed by atoms with Gasteiger partial charge in [-0.15, -0.1) is 0 Å². The number of carbonyl (C=O) groups is 2. The summed E-state index contributed by atoms with van der Waals surface area (Å²) in [4.78, 5) is 28.2. The van der Waals surface area contributed by atoms with Crippen molar-refractivity contribution in [1.82, 2.24) is 14.7 Å². The Morgan fingerprint density at radius 2 is 1.79 bits per heavy atom. The number of hydrogen-bond donors (Lipinski definition) is 1. The van der Waals surface area contributed by atoms with Crippen LogP contribution in [0.15, 0.2) is 36.4 Å². The third-order valence-corrected chi connectivity index (χ3v) is 6.42. The summed E-state index contributed by atoms with van der Waals surface area (Å²) in [6, 6.07) is 8.96. The number of nitrogens with zero attached hydrogens (tertiary/aromatic N) is 3. The number of carbonyl (C=O) groups excluding carboxylic acids is 2. The number of aryl methyl sites for hydroxylation is 1. The monoisotopic (exact) mass is 450 g/mol. The highest BCUT2D eigenvalue weighted by molar-refractivity contribution is 6.09. The van der Waals surface area contributed by atoms with Crippen LogP contribution in [-0.2, 0) is 12.8 Å². The number of amides is 2. The van der Waals surface area contributed by atoms with E-state index in [0.29, 0.717) is 42.9 Å². The highest BCUT2D eigenvalue weighted by atomic mass is 19.2. The van der Waals surface area contributed by atoms with Gasteiger partial charge in [-0.25, -0.2) is 13.5 Å². The fourth-order valence-corrected chi connectivity index (χ4v) is 4.77. The van der Waals surface area contributed by atoms with Gasteiger partial charge in [0.15, 0.2) is 17.3 Å². The molecular formula is C25H24F2N4O2. The minimum absolute atomic E-state index is 0.0848. The van der Waals surface area contributed by atoms with Gasteiger partial charge in [0, 0.05) is 30.4 Å². The van der Waals surface area contributed by atoms with Crippen molar-refractivity contribution in [3.05, 3.63) is 76.1 Å². The second-order valence-electron chi connectivity index (χ2n) is 8.59. The molecule has 0 saturated carbocycles.